The van der Waals surface area contributed by atoms with E-state index in [0.717, 1.165) is 12.5 Å². The summed E-state index contributed by atoms with van der Waals surface area (Å²) in [7, 11) is 0. The molecule has 5 nitrogen and oxygen atoms in total. The molecule has 2 aliphatic rings. The van der Waals surface area contributed by atoms with Crippen LogP contribution in [0.1, 0.15) is 25.7 Å². The largest absolute Gasteiger partial charge is 0.371 e. The molecule has 0 spiro atoms. The summed E-state index contributed by atoms with van der Waals surface area (Å²) in [5, 5.41) is 0. The average molecular weight is 337 g/mol. The molecule has 2 heterocycles. The summed E-state index contributed by atoms with van der Waals surface area (Å²) in [6.45, 7) is 1.67. The Morgan fingerprint density at radius 3 is 2.21 bits per heavy atom. The first-order valence-electron chi connectivity index (χ1n) is 8.26. The van der Waals surface area contributed by atoms with Gasteiger partial charge in [0.25, 0.3) is 0 Å². The van der Waals surface area contributed by atoms with Crippen LogP contribution in [0.25, 0.3) is 0 Å². The summed E-state index contributed by atoms with van der Waals surface area (Å²) >= 11 is 0. The Kier molecular flexibility index (Phi) is 4.69. The molecule has 0 aliphatic carbocycles. The summed E-state index contributed by atoms with van der Waals surface area (Å²) in [6.07, 6.45) is 2.61. The van der Waals surface area contributed by atoms with Gasteiger partial charge in [-0.15, -0.1) is 0 Å². The van der Waals surface area contributed by atoms with E-state index in [1.807, 2.05) is 4.90 Å². The Balaban J connectivity index is 1.62. The molecule has 2 N–H and O–H groups in total. The summed E-state index contributed by atoms with van der Waals surface area (Å²) in [5.74, 6) is -1.86. The van der Waals surface area contributed by atoms with E-state index in [1.165, 1.54) is 12.1 Å². The number of benzene rings is 1. The van der Waals surface area contributed by atoms with Crippen LogP contribution >= 0.6 is 0 Å². The normalized spacial score (nSPS) is 22.0. The Hall–Kier alpha value is -2.18. The maximum Gasteiger partial charge on any atom is 0.240 e. The Morgan fingerprint density at radius 2 is 1.62 bits per heavy atom. The van der Waals surface area contributed by atoms with Gasteiger partial charge in [-0.2, -0.15) is 0 Å². The van der Waals surface area contributed by atoms with Gasteiger partial charge in [0.1, 0.15) is 17.7 Å². The Labute approximate surface area is 139 Å². The zero-order chi connectivity index (χ0) is 17.3. The van der Waals surface area contributed by atoms with E-state index in [-0.39, 0.29) is 11.8 Å². The van der Waals surface area contributed by atoms with Gasteiger partial charge in [-0.05, 0) is 37.8 Å². The minimum absolute atomic E-state index is 0.0265. The molecule has 24 heavy (non-hydrogen) atoms. The number of carbonyl (C=O) groups excluding carboxylic acids is 2. The third kappa shape index (κ3) is 3.34. The number of hydrogen-bond acceptors (Lipinski definition) is 3. The number of piperidine rings is 1. The molecule has 1 atom stereocenters. The lowest BCUT2D eigenvalue weighted by molar-refractivity contribution is -0.141. The standard InChI is InChI=1S/C17H21F2N3O2/c18-12-8-13(19)10-14(9-12)21-6-3-11(4-7-21)17(24)22-5-1-2-15(22)16(20)23/h8-11,15H,1-7H2,(H2,20,23). The predicted molar refractivity (Wildman–Crippen MR) is 85.2 cm³/mol. The fourth-order valence-electron chi connectivity index (χ4n) is 3.67. The number of anilines is 1. The molecule has 3 rings (SSSR count). The third-order valence-electron chi connectivity index (χ3n) is 4.92. The smallest absolute Gasteiger partial charge is 0.240 e. The maximum absolute atomic E-state index is 13.3. The lowest BCUT2D eigenvalue weighted by atomic mass is 9.94. The number of carbonyl (C=O) groups is 2. The fraction of sp³-hybridized carbons (Fsp3) is 0.529. The molecule has 1 aromatic carbocycles. The van der Waals surface area contributed by atoms with Crippen molar-refractivity contribution in [3.63, 3.8) is 0 Å². The molecule has 0 saturated carbocycles. The topological polar surface area (TPSA) is 66.6 Å². The van der Waals surface area contributed by atoms with Crippen molar-refractivity contribution in [3.8, 4) is 0 Å². The molecule has 7 heteroatoms. The van der Waals surface area contributed by atoms with Gasteiger partial charge in [0, 0.05) is 37.3 Å². The number of likely N-dealkylation sites (tertiary alicyclic amines) is 1. The molecule has 2 amide bonds. The zero-order valence-electron chi connectivity index (χ0n) is 13.4. The molecule has 1 aromatic rings. The van der Waals surface area contributed by atoms with E-state index in [4.69, 9.17) is 5.73 Å². The van der Waals surface area contributed by atoms with Crippen LogP contribution in [0.3, 0.4) is 0 Å². The van der Waals surface area contributed by atoms with E-state index < -0.39 is 23.6 Å². The van der Waals surface area contributed by atoms with Crippen LogP contribution in [0.4, 0.5) is 14.5 Å². The van der Waals surface area contributed by atoms with Crippen molar-refractivity contribution in [1.82, 2.24) is 4.90 Å². The van der Waals surface area contributed by atoms with Crippen molar-refractivity contribution in [3.05, 3.63) is 29.8 Å². The van der Waals surface area contributed by atoms with Crippen molar-refractivity contribution in [2.45, 2.75) is 31.7 Å². The molecule has 130 valence electrons. The van der Waals surface area contributed by atoms with Crippen LogP contribution in [0, 0.1) is 17.6 Å². The molecule has 0 aromatic heterocycles. The van der Waals surface area contributed by atoms with Crippen LogP contribution in [0.15, 0.2) is 18.2 Å². The van der Waals surface area contributed by atoms with Gasteiger partial charge < -0.3 is 15.5 Å². The van der Waals surface area contributed by atoms with Crippen LogP contribution in [-0.4, -0.2) is 42.4 Å². The zero-order valence-corrected chi connectivity index (χ0v) is 13.4. The van der Waals surface area contributed by atoms with Crippen molar-refractivity contribution in [1.29, 1.82) is 0 Å². The molecular formula is C17H21F2N3O2. The van der Waals surface area contributed by atoms with Gasteiger partial charge in [-0.1, -0.05) is 0 Å². The van der Waals surface area contributed by atoms with Gasteiger partial charge >= 0.3 is 0 Å². The molecule has 2 aliphatic heterocycles. The lowest BCUT2D eigenvalue weighted by Gasteiger charge is -2.35. The number of nitrogens with zero attached hydrogens (tertiary/aromatic N) is 2. The SMILES string of the molecule is NC(=O)C1CCCN1C(=O)C1CCN(c2cc(F)cc(F)c2)CC1. The summed E-state index contributed by atoms with van der Waals surface area (Å²) in [5.41, 5.74) is 5.86. The van der Waals surface area contributed by atoms with E-state index in [1.54, 1.807) is 4.90 Å². The van der Waals surface area contributed by atoms with Crippen LogP contribution in [-0.2, 0) is 9.59 Å². The van der Waals surface area contributed by atoms with Gasteiger partial charge in [0.05, 0.1) is 0 Å². The van der Waals surface area contributed by atoms with Crippen molar-refractivity contribution < 1.29 is 18.4 Å². The van der Waals surface area contributed by atoms with Gasteiger partial charge in [-0.3, -0.25) is 9.59 Å². The second-order valence-corrected chi connectivity index (χ2v) is 6.48. The van der Waals surface area contributed by atoms with Gasteiger partial charge in [0.2, 0.25) is 11.8 Å². The lowest BCUT2D eigenvalue weighted by Crippen LogP contribution is -2.48. The highest BCUT2D eigenvalue weighted by atomic mass is 19.1. The highest BCUT2D eigenvalue weighted by molar-refractivity contribution is 5.88. The van der Waals surface area contributed by atoms with Crippen molar-refractivity contribution >= 4 is 17.5 Å². The first-order chi connectivity index (χ1) is 11.5. The molecule has 2 fully saturated rings. The van der Waals surface area contributed by atoms with E-state index in [0.29, 0.717) is 44.6 Å². The average Bonchev–Trinajstić information content (AvgIpc) is 3.03. The highest BCUT2D eigenvalue weighted by Crippen LogP contribution is 2.28. The number of rotatable bonds is 3. The van der Waals surface area contributed by atoms with Crippen LogP contribution in [0.2, 0.25) is 0 Å². The number of hydrogen-bond donors (Lipinski definition) is 1. The minimum atomic E-state index is -0.607. The predicted octanol–water partition coefficient (Wildman–Crippen LogP) is 1.66. The van der Waals surface area contributed by atoms with Crippen LogP contribution in [0.5, 0.6) is 0 Å². The first kappa shape index (κ1) is 16.7. The quantitative estimate of drug-likeness (QED) is 0.912. The number of nitrogens with two attached hydrogens (primary N) is 1. The highest BCUT2D eigenvalue weighted by Gasteiger charge is 2.37. The number of amides is 2. The summed E-state index contributed by atoms with van der Waals surface area (Å²) in [6, 6.07) is 2.95. The Bertz CT molecular complexity index is 624. The first-order valence-corrected chi connectivity index (χ1v) is 8.26. The molecule has 0 radical (unpaired) electrons. The molecular weight excluding hydrogens is 316 g/mol. The third-order valence-corrected chi connectivity index (χ3v) is 4.92. The molecule has 1 unspecified atom stereocenters. The second-order valence-electron chi connectivity index (χ2n) is 6.48. The minimum Gasteiger partial charge on any atom is -0.371 e. The van der Waals surface area contributed by atoms with Crippen LogP contribution < -0.4 is 10.6 Å². The molecule has 0 bridgehead atoms. The van der Waals surface area contributed by atoms with Gasteiger partial charge in [-0.25, -0.2) is 8.78 Å². The van der Waals surface area contributed by atoms with E-state index in [2.05, 4.69) is 0 Å². The van der Waals surface area contributed by atoms with Crippen molar-refractivity contribution in [2.24, 2.45) is 11.7 Å². The maximum atomic E-state index is 13.3. The van der Waals surface area contributed by atoms with Crippen molar-refractivity contribution in [2.75, 3.05) is 24.5 Å². The number of halogens is 2. The molecule has 2 saturated heterocycles. The second kappa shape index (κ2) is 6.75. The summed E-state index contributed by atoms with van der Waals surface area (Å²) < 4.78 is 26.7. The summed E-state index contributed by atoms with van der Waals surface area (Å²) in [4.78, 5) is 27.6. The fourth-order valence-corrected chi connectivity index (χ4v) is 3.67. The van der Waals surface area contributed by atoms with Gasteiger partial charge in [0.15, 0.2) is 0 Å². The van der Waals surface area contributed by atoms with E-state index >= 15 is 0 Å². The Morgan fingerprint density at radius 1 is 1.00 bits per heavy atom. The number of primary amides is 1. The van der Waals surface area contributed by atoms with E-state index in [9.17, 15) is 18.4 Å². The monoisotopic (exact) mass is 337 g/mol.